The first-order valence-electron chi connectivity index (χ1n) is 5.35. The molecule has 0 radical (unpaired) electrons. The van der Waals surface area contributed by atoms with Gasteiger partial charge in [-0.1, -0.05) is 5.92 Å². The van der Waals surface area contributed by atoms with Crippen molar-refractivity contribution in [1.82, 2.24) is 5.32 Å². The van der Waals surface area contributed by atoms with Gasteiger partial charge in [-0.05, 0) is 12.1 Å². The van der Waals surface area contributed by atoms with Gasteiger partial charge in [-0.25, -0.2) is 22.0 Å². The Labute approximate surface area is 118 Å². The average molecular weight is 317 g/mol. The Balaban J connectivity index is 3.22. The summed E-state index contributed by atoms with van der Waals surface area (Å²) in [5.41, 5.74) is -1.40. The maximum absolute atomic E-state index is 13.8. The van der Waals surface area contributed by atoms with E-state index in [0.29, 0.717) is 12.1 Å². The lowest BCUT2D eigenvalue weighted by Gasteiger charge is -2.08. The number of rotatable bonds is 5. The number of nitrogens with one attached hydrogen (secondary N) is 1. The summed E-state index contributed by atoms with van der Waals surface area (Å²) in [5.74, 6) is -5.23. The smallest absolute Gasteiger partial charge is 0.341 e. The van der Waals surface area contributed by atoms with Crippen molar-refractivity contribution >= 4 is 21.7 Å². The molecule has 1 aromatic rings. The Morgan fingerprint density at radius 2 is 1.95 bits per heavy atom. The van der Waals surface area contributed by atoms with Gasteiger partial charge in [0.25, 0.3) is 0 Å². The standard InChI is InChI=1S/C12H9F2NO5S/c1-2-5-15-9(16)6-21(19,20)8-4-3-7(13)10(11(8)14)12(17)18/h1,3-4H,5-6H2,(H,15,16)(H,17,18). The van der Waals surface area contributed by atoms with E-state index in [1.54, 1.807) is 0 Å². The molecule has 0 heterocycles. The number of benzene rings is 1. The van der Waals surface area contributed by atoms with Crippen LogP contribution in [-0.4, -0.2) is 37.7 Å². The van der Waals surface area contributed by atoms with Crippen molar-refractivity contribution in [3.05, 3.63) is 29.3 Å². The number of halogens is 2. The summed E-state index contributed by atoms with van der Waals surface area (Å²) in [4.78, 5) is 20.9. The molecule has 0 bridgehead atoms. The molecule has 0 aliphatic rings. The van der Waals surface area contributed by atoms with Crippen LogP contribution in [0.25, 0.3) is 0 Å². The molecular weight excluding hydrogens is 308 g/mol. The van der Waals surface area contributed by atoms with Crippen LogP contribution in [0, 0.1) is 24.0 Å². The fraction of sp³-hybridized carbons (Fsp3) is 0.167. The third kappa shape index (κ3) is 3.76. The van der Waals surface area contributed by atoms with Crippen molar-refractivity contribution in [1.29, 1.82) is 0 Å². The van der Waals surface area contributed by atoms with Gasteiger partial charge in [0.15, 0.2) is 15.7 Å². The second kappa shape index (κ2) is 6.32. The number of hydrogen-bond acceptors (Lipinski definition) is 4. The molecular formula is C12H9F2NO5S. The molecule has 112 valence electrons. The van der Waals surface area contributed by atoms with Crippen LogP contribution in [0.2, 0.25) is 0 Å². The van der Waals surface area contributed by atoms with Crippen molar-refractivity contribution in [2.45, 2.75) is 4.90 Å². The lowest BCUT2D eigenvalue weighted by molar-refractivity contribution is -0.118. The number of aromatic carboxylic acids is 1. The third-order valence-electron chi connectivity index (χ3n) is 2.31. The average Bonchev–Trinajstić information content (AvgIpc) is 2.34. The molecule has 0 atom stereocenters. The van der Waals surface area contributed by atoms with Crippen LogP contribution in [0.15, 0.2) is 17.0 Å². The molecule has 1 amide bonds. The van der Waals surface area contributed by atoms with Crippen LogP contribution in [0.5, 0.6) is 0 Å². The molecule has 0 spiro atoms. The largest absolute Gasteiger partial charge is 0.477 e. The van der Waals surface area contributed by atoms with Crippen LogP contribution in [0.4, 0.5) is 8.78 Å². The topological polar surface area (TPSA) is 101 Å². The number of amides is 1. The molecule has 1 rings (SSSR count). The highest BCUT2D eigenvalue weighted by molar-refractivity contribution is 7.92. The predicted molar refractivity (Wildman–Crippen MR) is 67.2 cm³/mol. The lowest BCUT2D eigenvalue weighted by Crippen LogP contribution is -2.31. The first-order valence-corrected chi connectivity index (χ1v) is 7.00. The van der Waals surface area contributed by atoms with Crippen molar-refractivity contribution in [2.24, 2.45) is 0 Å². The van der Waals surface area contributed by atoms with Gasteiger partial charge in [-0.2, -0.15) is 0 Å². The first kappa shape index (κ1) is 16.6. The van der Waals surface area contributed by atoms with Gasteiger partial charge in [0, 0.05) is 0 Å². The van der Waals surface area contributed by atoms with Crippen LogP contribution in [-0.2, 0) is 14.6 Å². The van der Waals surface area contributed by atoms with Crippen molar-refractivity contribution in [3.63, 3.8) is 0 Å². The highest BCUT2D eigenvalue weighted by Gasteiger charge is 2.28. The molecule has 1 aromatic carbocycles. The molecule has 21 heavy (non-hydrogen) atoms. The zero-order valence-electron chi connectivity index (χ0n) is 10.4. The van der Waals surface area contributed by atoms with E-state index in [1.807, 2.05) is 5.92 Å². The normalized spacial score (nSPS) is 10.7. The second-order valence-electron chi connectivity index (χ2n) is 3.78. The van der Waals surface area contributed by atoms with Gasteiger partial charge in [0.2, 0.25) is 5.91 Å². The predicted octanol–water partition coefficient (Wildman–Crippen LogP) is 0.186. The Bertz CT molecular complexity index is 737. The van der Waals surface area contributed by atoms with Crippen LogP contribution in [0.1, 0.15) is 10.4 Å². The summed E-state index contributed by atoms with van der Waals surface area (Å²) in [7, 11) is -4.48. The SMILES string of the molecule is C#CCNC(=O)CS(=O)(=O)c1ccc(F)c(C(=O)O)c1F. The summed E-state index contributed by atoms with van der Waals surface area (Å²) in [6, 6.07) is 1.06. The Morgan fingerprint density at radius 3 is 2.48 bits per heavy atom. The highest BCUT2D eigenvalue weighted by Crippen LogP contribution is 2.22. The molecule has 0 aliphatic carbocycles. The first-order chi connectivity index (χ1) is 9.70. The van der Waals surface area contributed by atoms with E-state index in [-0.39, 0.29) is 6.54 Å². The number of sulfone groups is 1. The van der Waals surface area contributed by atoms with E-state index in [4.69, 9.17) is 11.5 Å². The van der Waals surface area contributed by atoms with E-state index in [9.17, 15) is 26.8 Å². The number of carbonyl (C=O) groups excluding carboxylic acids is 1. The Hall–Kier alpha value is -2.47. The summed E-state index contributed by atoms with van der Waals surface area (Å²) < 4.78 is 50.7. The zero-order valence-corrected chi connectivity index (χ0v) is 11.2. The monoisotopic (exact) mass is 317 g/mol. The van der Waals surface area contributed by atoms with Crippen LogP contribution in [0.3, 0.4) is 0 Å². The van der Waals surface area contributed by atoms with Crippen molar-refractivity contribution in [3.8, 4) is 12.3 Å². The molecule has 2 N–H and O–H groups in total. The van der Waals surface area contributed by atoms with Gasteiger partial charge in [-0.3, -0.25) is 4.79 Å². The Morgan fingerprint density at radius 1 is 1.33 bits per heavy atom. The zero-order chi connectivity index (χ0) is 16.2. The van der Waals surface area contributed by atoms with Gasteiger partial charge < -0.3 is 10.4 Å². The minimum Gasteiger partial charge on any atom is -0.477 e. The van der Waals surface area contributed by atoms with E-state index >= 15 is 0 Å². The molecule has 6 nitrogen and oxygen atoms in total. The minimum absolute atomic E-state index is 0.222. The number of terminal acetylenes is 1. The fourth-order valence-corrected chi connectivity index (χ4v) is 2.67. The summed E-state index contributed by atoms with van der Waals surface area (Å²) in [5, 5.41) is 10.7. The third-order valence-corrected chi connectivity index (χ3v) is 3.94. The summed E-state index contributed by atoms with van der Waals surface area (Å²) in [6.45, 7) is -0.222. The number of carboxylic acid groups (broad SMARTS) is 1. The van der Waals surface area contributed by atoms with Gasteiger partial charge in [-0.15, -0.1) is 6.42 Å². The molecule has 9 heteroatoms. The number of carboxylic acids is 1. The number of carbonyl (C=O) groups is 2. The molecule has 0 saturated carbocycles. The maximum atomic E-state index is 13.8. The summed E-state index contributed by atoms with van der Waals surface area (Å²) >= 11 is 0. The molecule has 0 saturated heterocycles. The van der Waals surface area contributed by atoms with E-state index in [2.05, 4.69) is 5.32 Å². The van der Waals surface area contributed by atoms with Gasteiger partial charge >= 0.3 is 5.97 Å². The Kier molecular flexibility index (Phi) is 4.99. The molecule has 0 unspecified atom stereocenters. The van der Waals surface area contributed by atoms with E-state index in [0.717, 1.165) is 0 Å². The fourth-order valence-electron chi connectivity index (χ4n) is 1.42. The summed E-state index contributed by atoms with van der Waals surface area (Å²) in [6.07, 6.45) is 4.86. The van der Waals surface area contributed by atoms with E-state index in [1.165, 1.54) is 0 Å². The molecule has 0 fully saturated rings. The molecule has 0 aliphatic heterocycles. The van der Waals surface area contributed by atoms with Gasteiger partial charge in [0.05, 0.1) is 6.54 Å². The number of hydrogen-bond donors (Lipinski definition) is 2. The van der Waals surface area contributed by atoms with Gasteiger partial charge in [0.1, 0.15) is 22.0 Å². The van der Waals surface area contributed by atoms with E-state index < -0.39 is 49.6 Å². The van der Waals surface area contributed by atoms with Crippen molar-refractivity contribution < 1.29 is 31.9 Å². The van der Waals surface area contributed by atoms with Crippen LogP contribution >= 0.6 is 0 Å². The quantitative estimate of drug-likeness (QED) is 0.596. The highest BCUT2D eigenvalue weighted by atomic mass is 32.2. The van der Waals surface area contributed by atoms with Crippen molar-refractivity contribution in [2.75, 3.05) is 12.3 Å². The second-order valence-corrected chi connectivity index (χ2v) is 5.74. The lowest BCUT2D eigenvalue weighted by atomic mass is 10.2. The minimum atomic E-state index is -4.48. The molecule has 0 aromatic heterocycles. The maximum Gasteiger partial charge on any atom is 0.341 e. The van der Waals surface area contributed by atoms with Crippen LogP contribution < -0.4 is 5.32 Å².